The van der Waals surface area contributed by atoms with E-state index in [9.17, 15) is 0 Å². The van der Waals surface area contributed by atoms with Gasteiger partial charge in [0.1, 0.15) is 0 Å². The Morgan fingerprint density at radius 3 is 1.94 bits per heavy atom. The Bertz CT molecular complexity index is 2810. The molecule has 0 bridgehead atoms. The molecule has 0 radical (unpaired) electrons. The van der Waals surface area contributed by atoms with E-state index in [4.69, 9.17) is 9.97 Å². The van der Waals surface area contributed by atoms with E-state index in [2.05, 4.69) is 147 Å². The lowest BCUT2D eigenvalue weighted by Gasteiger charge is -2.23. The van der Waals surface area contributed by atoms with Crippen LogP contribution in [-0.2, 0) is 5.41 Å². The zero-order valence-corrected chi connectivity index (χ0v) is 27.4. The lowest BCUT2D eigenvalue weighted by atomic mass is 9.80. The molecule has 0 fully saturated rings. The largest absolute Gasteiger partial charge is 0.252 e. The Morgan fingerprint density at radius 2 is 1.06 bits per heavy atom. The first-order valence-corrected chi connectivity index (χ1v) is 17.0. The van der Waals surface area contributed by atoms with Crippen LogP contribution in [0.4, 0.5) is 0 Å². The quantitative estimate of drug-likeness (QED) is 0.183. The molecule has 0 N–H and O–H groups in total. The highest BCUT2D eigenvalue weighted by Crippen LogP contribution is 2.54. The predicted octanol–water partition coefficient (Wildman–Crippen LogP) is 12.4. The summed E-state index contributed by atoms with van der Waals surface area (Å²) in [4.78, 5) is 10.1. The molecule has 1 heterocycles. The molecule has 0 aliphatic heterocycles. The highest BCUT2D eigenvalue weighted by Gasteiger charge is 2.37. The van der Waals surface area contributed by atoms with Gasteiger partial charge >= 0.3 is 0 Å². The van der Waals surface area contributed by atoms with Crippen molar-refractivity contribution in [3.05, 3.63) is 169 Å². The van der Waals surface area contributed by atoms with Crippen LogP contribution in [0.2, 0.25) is 0 Å². The maximum atomic E-state index is 5.21. The molecule has 230 valence electrons. The highest BCUT2D eigenvalue weighted by molar-refractivity contribution is 6.23. The van der Waals surface area contributed by atoms with Gasteiger partial charge in [-0.15, -0.1) is 0 Å². The van der Waals surface area contributed by atoms with Gasteiger partial charge in [0.2, 0.25) is 0 Å². The lowest BCUT2D eigenvalue weighted by molar-refractivity contribution is 0.660. The molecule has 0 spiro atoms. The van der Waals surface area contributed by atoms with Gasteiger partial charge in [-0.05, 0) is 101 Å². The minimum absolute atomic E-state index is 0.0928. The molecule has 1 aliphatic rings. The fourth-order valence-corrected chi connectivity index (χ4v) is 8.33. The first kappa shape index (κ1) is 27.9. The summed E-state index contributed by atoms with van der Waals surface area (Å²) in [6.07, 6.45) is 1.94. The number of benzene rings is 8. The summed E-state index contributed by atoms with van der Waals surface area (Å²) in [5.74, 6) is 0. The van der Waals surface area contributed by atoms with Crippen molar-refractivity contribution in [2.75, 3.05) is 0 Å². The van der Waals surface area contributed by atoms with Crippen LogP contribution in [0.15, 0.2) is 158 Å². The molecule has 1 aromatic heterocycles. The minimum Gasteiger partial charge on any atom is -0.252 e. The molecule has 0 atom stereocenters. The Balaban J connectivity index is 1.34. The third-order valence-corrected chi connectivity index (χ3v) is 10.7. The molecule has 10 rings (SSSR count). The summed E-state index contributed by atoms with van der Waals surface area (Å²) < 4.78 is 0. The first-order chi connectivity index (χ1) is 24.1. The molecule has 0 unspecified atom stereocenters. The predicted molar refractivity (Wildman–Crippen MR) is 206 cm³/mol. The second-order valence-corrected chi connectivity index (χ2v) is 13.8. The fraction of sp³-hybridized carbons (Fsp3) is 0.0638. The number of hydrogen-bond donors (Lipinski definition) is 0. The van der Waals surface area contributed by atoms with Crippen LogP contribution >= 0.6 is 0 Å². The van der Waals surface area contributed by atoms with Crippen molar-refractivity contribution in [3.63, 3.8) is 0 Å². The van der Waals surface area contributed by atoms with Crippen molar-refractivity contribution in [1.82, 2.24) is 9.97 Å². The normalized spacial score (nSPS) is 13.3. The number of para-hydroxylation sites is 2. The zero-order chi connectivity index (χ0) is 32.7. The molecule has 49 heavy (non-hydrogen) atoms. The summed E-state index contributed by atoms with van der Waals surface area (Å²) in [6, 6.07) is 55.2. The SMILES string of the molecule is CC1(C)c2ccccc2-c2c(-c3c4ccccc4c(-c4cnc5ccccc5n4)c4ccc(-c5ccc6ccccc6c5)cc34)cccc21. The minimum atomic E-state index is -0.0928. The van der Waals surface area contributed by atoms with Crippen LogP contribution in [0.5, 0.6) is 0 Å². The van der Waals surface area contributed by atoms with E-state index < -0.39 is 0 Å². The van der Waals surface area contributed by atoms with Gasteiger partial charge in [-0.3, -0.25) is 4.98 Å². The summed E-state index contributed by atoms with van der Waals surface area (Å²) in [7, 11) is 0. The topological polar surface area (TPSA) is 25.8 Å². The van der Waals surface area contributed by atoms with Crippen molar-refractivity contribution in [2.24, 2.45) is 0 Å². The molecular weight excluding hydrogens is 593 g/mol. The number of nitrogens with zero attached hydrogens (tertiary/aromatic N) is 2. The van der Waals surface area contributed by atoms with Crippen LogP contribution in [0.25, 0.3) is 88.0 Å². The Labute approximate surface area is 285 Å². The van der Waals surface area contributed by atoms with Gasteiger partial charge in [0.15, 0.2) is 0 Å². The molecular formula is C47H32N2. The van der Waals surface area contributed by atoms with Crippen molar-refractivity contribution >= 4 is 43.4 Å². The Hall–Kier alpha value is -6.12. The third kappa shape index (κ3) is 4.14. The first-order valence-electron chi connectivity index (χ1n) is 17.0. The Morgan fingerprint density at radius 1 is 0.429 bits per heavy atom. The van der Waals surface area contributed by atoms with E-state index in [1.807, 2.05) is 24.4 Å². The maximum Gasteiger partial charge on any atom is 0.0905 e. The van der Waals surface area contributed by atoms with E-state index in [1.54, 1.807) is 0 Å². The Kier molecular flexibility index (Phi) is 5.95. The van der Waals surface area contributed by atoms with E-state index in [0.717, 1.165) is 22.3 Å². The van der Waals surface area contributed by atoms with E-state index in [0.29, 0.717) is 0 Å². The van der Waals surface area contributed by atoms with Crippen molar-refractivity contribution < 1.29 is 0 Å². The number of fused-ring (bicyclic) bond motifs is 7. The van der Waals surface area contributed by atoms with Gasteiger partial charge in [0.05, 0.1) is 22.9 Å². The molecule has 2 nitrogen and oxygen atoms in total. The van der Waals surface area contributed by atoms with Crippen LogP contribution in [0, 0.1) is 0 Å². The average Bonchev–Trinajstić information content (AvgIpc) is 3.39. The van der Waals surface area contributed by atoms with Gasteiger partial charge in [0.25, 0.3) is 0 Å². The standard InChI is InChI=1S/C47H32N2/c1-47(2)39-18-8-7-16-36(39)45-37(17-11-19-40(45)47)44-33-14-5-6-15-34(33)46(43-28-48-41-20-9-10-21-42(41)49-43)35-25-24-32(27-38(35)44)31-23-22-29-12-3-4-13-30(29)26-31/h3-28H,1-2H3. The molecule has 9 aromatic rings. The van der Waals surface area contributed by atoms with E-state index in [1.165, 1.54) is 76.8 Å². The van der Waals surface area contributed by atoms with Crippen LogP contribution < -0.4 is 0 Å². The molecule has 8 aromatic carbocycles. The number of hydrogen-bond acceptors (Lipinski definition) is 2. The zero-order valence-electron chi connectivity index (χ0n) is 27.4. The van der Waals surface area contributed by atoms with E-state index in [-0.39, 0.29) is 5.41 Å². The number of rotatable bonds is 3. The van der Waals surface area contributed by atoms with Gasteiger partial charge < -0.3 is 0 Å². The number of aromatic nitrogens is 2. The summed E-state index contributed by atoms with van der Waals surface area (Å²) in [5, 5.41) is 7.26. The lowest BCUT2D eigenvalue weighted by Crippen LogP contribution is -2.14. The monoisotopic (exact) mass is 624 g/mol. The summed E-state index contributed by atoms with van der Waals surface area (Å²) in [6.45, 7) is 4.72. The third-order valence-electron chi connectivity index (χ3n) is 10.7. The van der Waals surface area contributed by atoms with Crippen LogP contribution in [-0.4, -0.2) is 9.97 Å². The van der Waals surface area contributed by atoms with E-state index >= 15 is 0 Å². The molecule has 0 saturated carbocycles. The van der Waals surface area contributed by atoms with Crippen LogP contribution in [0.1, 0.15) is 25.0 Å². The van der Waals surface area contributed by atoms with Crippen LogP contribution in [0.3, 0.4) is 0 Å². The van der Waals surface area contributed by atoms with Gasteiger partial charge in [-0.25, -0.2) is 4.98 Å². The highest BCUT2D eigenvalue weighted by atomic mass is 14.8. The van der Waals surface area contributed by atoms with Gasteiger partial charge in [-0.2, -0.15) is 0 Å². The summed E-state index contributed by atoms with van der Waals surface area (Å²) in [5.41, 5.74) is 14.0. The summed E-state index contributed by atoms with van der Waals surface area (Å²) >= 11 is 0. The molecule has 0 saturated heterocycles. The van der Waals surface area contributed by atoms with Gasteiger partial charge in [-0.1, -0.05) is 141 Å². The second kappa shape index (κ2) is 10.4. The van der Waals surface area contributed by atoms with Crippen molar-refractivity contribution in [2.45, 2.75) is 19.3 Å². The van der Waals surface area contributed by atoms with Crippen molar-refractivity contribution in [1.29, 1.82) is 0 Å². The molecule has 2 heteroatoms. The van der Waals surface area contributed by atoms with Gasteiger partial charge in [0, 0.05) is 11.0 Å². The maximum absolute atomic E-state index is 5.21. The fourth-order valence-electron chi connectivity index (χ4n) is 8.33. The second-order valence-electron chi connectivity index (χ2n) is 13.8. The molecule has 1 aliphatic carbocycles. The molecule has 0 amide bonds. The average molecular weight is 625 g/mol. The smallest absolute Gasteiger partial charge is 0.0905 e. The van der Waals surface area contributed by atoms with Crippen molar-refractivity contribution in [3.8, 4) is 44.6 Å².